The van der Waals surface area contributed by atoms with Gasteiger partial charge in [0.2, 0.25) is 5.91 Å². The van der Waals surface area contributed by atoms with Crippen molar-refractivity contribution in [2.24, 2.45) is 0 Å². The van der Waals surface area contributed by atoms with Crippen LogP contribution in [0.3, 0.4) is 0 Å². The highest BCUT2D eigenvalue weighted by atomic mass is 32.2. The fraction of sp³-hybridized carbons (Fsp3) is 0.350. The molecule has 3 aromatic rings. The van der Waals surface area contributed by atoms with E-state index in [9.17, 15) is 4.79 Å². The van der Waals surface area contributed by atoms with E-state index >= 15 is 0 Å². The van der Waals surface area contributed by atoms with Crippen molar-refractivity contribution in [1.29, 1.82) is 0 Å². The number of anilines is 1. The van der Waals surface area contributed by atoms with Crippen LogP contribution in [0.5, 0.6) is 0 Å². The van der Waals surface area contributed by atoms with E-state index in [1.165, 1.54) is 45.2 Å². The molecule has 6 heteroatoms. The summed E-state index contributed by atoms with van der Waals surface area (Å²) >= 11 is 2.97. The van der Waals surface area contributed by atoms with E-state index in [-0.39, 0.29) is 11.2 Å². The minimum Gasteiger partial charge on any atom is -0.301 e. The summed E-state index contributed by atoms with van der Waals surface area (Å²) < 4.78 is 0. The Morgan fingerprint density at radius 1 is 1.15 bits per heavy atom. The highest BCUT2D eigenvalue weighted by Crippen LogP contribution is 2.30. The fourth-order valence-corrected chi connectivity index (χ4v) is 4.64. The van der Waals surface area contributed by atoms with Crippen LogP contribution in [0.25, 0.3) is 10.9 Å². The number of amides is 1. The molecule has 2 aromatic heterocycles. The van der Waals surface area contributed by atoms with Crippen molar-refractivity contribution in [1.82, 2.24) is 9.97 Å². The topological polar surface area (TPSA) is 54.9 Å². The van der Waals surface area contributed by atoms with Crippen LogP contribution in [0.2, 0.25) is 0 Å². The van der Waals surface area contributed by atoms with Crippen molar-refractivity contribution < 1.29 is 4.79 Å². The molecule has 0 fully saturated rings. The molecule has 4 nitrogen and oxygen atoms in total. The first kappa shape index (κ1) is 18.9. The predicted octanol–water partition coefficient (Wildman–Crippen LogP) is 5.43. The van der Waals surface area contributed by atoms with Crippen molar-refractivity contribution in [3.63, 3.8) is 0 Å². The van der Waals surface area contributed by atoms with Gasteiger partial charge in [0.05, 0.1) is 21.5 Å². The number of nitrogens with one attached hydrogen (secondary N) is 1. The largest absolute Gasteiger partial charge is 0.301 e. The predicted molar refractivity (Wildman–Crippen MR) is 111 cm³/mol. The standard InChI is InChI=1S/C20H23N3OS2/c1-6-16(19(24)23-20-21-14(5)10-25-20)26-17-9-12(3)15-8-11(2)7-13(4)18(15)22-17/h7-10,16H,6H2,1-5H3,(H,21,23,24). The van der Waals surface area contributed by atoms with Crippen molar-refractivity contribution in [2.45, 2.75) is 51.3 Å². The number of thioether (sulfide) groups is 1. The van der Waals surface area contributed by atoms with Crippen LogP contribution in [-0.2, 0) is 4.79 Å². The Balaban J connectivity index is 1.85. The van der Waals surface area contributed by atoms with Crippen LogP contribution in [0.15, 0.2) is 28.6 Å². The van der Waals surface area contributed by atoms with Gasteiger partial charge in [-0.05, 0) is 57.4 Å². The Labute approximate surface area is 162 Å². The first-order chi connectivity index (χ1) is 12.4. The number of nitrogens with zero attached hydrogens (tertiary/aromatic N) is 2. The molecule has 0 bridgehead atoms. The van der Waals surface area contributed by atoms with Gasteiger partial charge in [-0.2, -0.15) is 0 Å². The van der Waals surface area contributed by atoms with E-state index in [1.807, 2.05) is 19.2 Å². The zero-order chi connectivity index (χ0) is 18.8. The van der Waals surface area contributed by atoms with E-state index < -0.39 is 0 Å². The van der Waals surface area contributed by atoms with Gasteiger partial charge in [-0.25, -0.2) is 9.97 Å². The van der Waals surface area contributed by atoms with E-state index in [2.05, 4.69) is 49.3 Å². The molecule has 0 saturated carbocycles. The quantitative estimate of drug-likeness (QED) is 0.595. The number of fused-ring (bicyclic) bond motifs is 1. The average molecular weight is 386 g/mol. The van der Waals surface area contributed by atoms with Crippen LogP contribution >= 0.6 is 23.1 Å². The fourth-order valence-electron chi connectivity index (χ4n) is 2.94. The molecule has 1 atom stereocenters. The maximum Gasteiger partial charge on any atom is 0.239 e. The number of aromatic nitrogens is 2. The molecule has 1 unspecified atom stereocenters. The molecule has 0 saturated heterocycles. The molecule has 136 valence electrons. The third-order valence-electron chi connectivity index (χ3n) is 4.21. The lowest BCUT2D eigenvalue weighted by Crippen LogP contribution is -2.24. The molecule has 0 radical (unpaired) electrons. The average Bonchev–Trinajstić information content (AvgIpc) is 2.98. The van der Waals surface area contributed by atoms with Gasteiger partial charge in [0.15, 0.2) is 5.13 Å². The normalized spacial score (nSPS) is 12.3. The molecule has 0 spiro atoms. The number of hydrogen-bond donors (Lipinski definition) is 1. The van der Waals surface area contributed by atoms with Gasteiger partial charge in [0.1, 0.15) is 0 Å². The zero-order valence-electron chi connectivity index (χ0n) is 15.7. The summed E-state index contributed by atoms with van der Waals surface area (Å²) in [6.07, 6.45) is 0.729. The second-order valence-corrected chi connectivity index (χ2v) is 8.63. The number of hydrogen-bond acceptors (Lipinski definition) is 5. The van der Waals surface area contributed by atoms with Crippen LogP contribution in [0.1, 0.15) is 35.7 Å². The first-order valence-electron chi connectivity index (χ1n) is 8.65. The first-order valence-corrected chi connectivity index (χ1v) is 10.4. The maximum atomic E-state index is 12.6. The molecule has 1 N–H and O–H groups in total. The lowest BCUT2D eigenvalue weighted by atomic mass is 10.0. The van der Waals surface area contributed by atoms with Crippen molar-refractivity contribution in [3.05, 3.63) is 46.0 Å². The van der Waals surface area contributed by atoms with Crippen LogP contribution in [-0.4, -0.2) is 21.1 Å². The Hall–Kier alpha value is -1.92. The third-order valence-corrected chi connectivity index (χ3v) is 6.37. The number of pyridine rings is 1. The van der Waals surface area contributed by atoms with Gasteiger partial charge in [0.25, 0.3) is 0 Å². The second-order valence-electron chi connectivity index (χ2n) is 6.55. The minimum absolute atomic E-state index is 0.0213. The van der Waals surface area contributed by atoms with Crippen molar-refractivity contribution in [2.75, 3.05) is 5.32 Å². The van der Waals surface area contributed by atoms with Gasteiger partial charge >= 0.3 is 0 Å². The van der Waals surface area contributed by atoms with E-state index in [0.717, 1.165) is 22.7 Å². The number of carbonyl (C=O) groups is 1. The summed E-state index contributed by atoms with van der Waals surface area (Å²) in [6, 6.07) is 6.40. The van der Waals surface area contributed by atoms with Crippen LogP contribution in [0.4, 0.5) is 5.13 Å². The van der Waals surface area contributed by atoms with Crippen molar-refractivity contribution in [3.8, 4) is 0 Å². The van der Waals surface area contributed by atoms with Crippen LogP contribution < -0.4 is 5.32 Å². The molecule has 26 heavy (non-hydrogen) atoms. The van der Waals surface area contributed by atoms with Crippen molar-refractivity contribution >= 4 is 45.0 Å². The van der Waals surface area contributed by atoms with Crippen LogP contribution in [0, 0.1) is 27.7 Å². The smallest absolute Gasteiger partial charge is 0.239 e. The molecule has 0 aliphatic carbocycles. The highest BCUT2D eigenvalue weighted by molar-refractivity contribution is 8.00. The van der Waals surface area contributed by atoms with Gasteiger partial charge in [0, 0.05) is 10.8 Å². The summed E-state index contributed by atoms with van der Waals surface area (Å²) in [5.74, 6) is -0.0213. The van der Waals surface area contributed by atoms with E-state index in [4.69, 9.17) is 4.98 Å². The summed E-state index contributed by atoms with van der Waals surface area (Å²) in [5, 5.41) is 7.38. The number of carbonyl (C=O) groups excluding carboxylic acids is 1. The minimum atomic E-state index is -0.200. The van der Waals surface area contributed by atoms with Gasteiger partial charge in [-0.1, -0.05) is 30.3 Å². The Morgan fingerprint density at radius 2 is 1.92 bits per heavy atom. The maximum absolute atomic E-state index is 12.6. The number of rotatable bonds is 5. The SMILES string of the molecule is CCC(Sc1cc(C)c2cc(C)cc(C)c2n1)C(=O)Nc1nc(C)cs1. The summed E-state index contributed by atoms with van der Waals surface area (Å²) in [4.78, 5) is 21.8. The zero-order valence-corrected chi connectivity index (χ0v) is 17.3. The van der Waals surface area contributed by atoms with E-state index in [1.54, 1.807) is 0 Å². The van der Waals surface area contributed by atoms with E-state index in [0.29, 0.717) is 5.13 Å². The monoisotopic (exact) mass is 385 g/mol. The van der Waals surface area contributed by atoms with Gasteiger partial charge in [-0.15, -0.1) is 11.3 Å². The number of aryl methyl sites for hydroxylation is 4. The lowest BCUT2D eigenvalue weighted by molar-refractivity contribution is -0.115. The third kappa shape index (κ3) is 4.07. The van der Waals surface area contributed by atoms with Gasteiger partial charge in [-0.3, -0.25) is 4.79 Å². The summed E-state index contributed by atoms with van der Waals surface area (Å²) in [6.45, 7) is 10.2. The molecular weight excluding hydrogens is 362 g/mol. The summed E-state index contributed by atoms with van der Waals surface area (Å²) in [7, 11) is 0. The molecule has 2 heterocycles. The molecule has 1 aromatic carbocycles. The number of thiazole rings is 1. The Morgan fingerprint density at radius 3 is 2.58 bits per heavy atom. The van der Waals surface area contributed by atoms with Gasteiger partial charge < -0.3 is 5.32 Å². The lowest BCUT2D eigenvalue weighted by Gasteiger charge is -2.15. The second kappa shape index (κ2) is 7.76. The Bertz CT molecular complexity index is 965. The molecule has 3 rings (SSSR count). The molecular formula is C20H23N3OS2. The molecule has 0 aliphatic heterocycles. The summed E-state index contributed by atoms with van der Waals surface area (Å²) in [5.41, 5.74) is 5.54. The molecule has 0 aliphatic rings. The molecule has 1 amide bonds. The Kier molecular flexibility index (Phi) is 5.63. The highest BCUT2D eigenvalue weighted by Gasteiger charge is 2.20. The number of benzene rings is 1.